The highest BCUT2D eigenvalue weighted by molar-refractivity contribution is 6.30. The van der Waals surface area contributed by atoms with E-state index in [0.29, 0.717) is 5.02 Å². The molecule has 5 amide bonds. The molecule has 116 valence electrons. The number of carbonyl (C=O) groups excluding carboxylic acids is 3. The summed E-state index contributed by atoms with van der Waals surface area (Å²) < 4.78 is 0. The molecule has 1 aromatic carbocycles. The first kappa shape index (κ1) is 14.6. The van der Waals surface area contributed by atoms with Crippen molar-refractivity contribution in [2.24, 2.45) is 0 Å². The Balaban J connectivity index is 1.57. The Morgan fingerprint density at radius 1 is 1.32 bits per heavy atom. The number of rotatable bonds is 2. The van der Waals surface area contributed by atoms with E-state index in [-0.39, 0.29) is 31.1 Å². The molecule has 0 bridgehead atoms. The molecule has 2 saturated heterocycles. The molecule has 1 aromatic rings. The fraction of sp³-hybridized carbons (Fsp3) is 0.357. The quantitative estimate of drug-likeness (QED) is 0.710. The van der Waals surface area contributed by atoms with Gasteiger partial charge in [0.05, 0.1) is 19.1 Å². The summed E-state index contributed by atoms with van der Waals surface area (Å²) in [4.78, 5) is 36.5. The number of nitrogens with one attached hydrogen (secondary N) is 3. The number of nitrogens with zero attached hydrogens (tertiary/aromatic N) is 1. The largest absolute Gasteiger partial charge is 0.331 e. The Morgan fingerprint density at radius 2 is 1.95 bits per heavy atom. The van der Waals surface area contributed by atoms with Gasteiger partial charge in [0, 0.05) is 5.02 Å². The summed E-state index contributed by atoms with van der Waals surface area (Å²) >= 11 is 5.83. The molecule has 2 aliphatic heterocycles. The van der Waals surface area contributed by atoms with E-state index in [9.17, 15) is 14.4 Å². The van der Waals surface area contributed by atoms with Gasteiger partial charge in [0.25, 0.3) is 5.91 Å². The van der Waals surface area contributed by atoms with Gasteiger partial charge in [0.15, 0.2) is 5.54 Å². The van der Waals surface area contributed by atoms with Gasteiger partial charge in [-0.1, -0.05) is 23.7 Å². The maximum atomic E-state index is 12.1. The molecule has 2 fully saturated rings. The van der Waals surface area contributed by atoms with Crippen LogP contribution in [0.25, 0.3) is 0 Å². The van der Waals surface area contributed by atoms with Crippen molar-refractivity contribution in [3.8, 4) is 0 Å². The highest BCUT2D eigenvalue weighted by atomic mass is 35.5. The lowest BCUT2D eigenvalue weighted by Crippen LogP contribution is -2.73. The van der Waals surface area contributed by atoms with Crippen molar-refractivity contribution >= 4 is 29.6 Å². The third-order valence-corrected chi connectivity index (χ3v) is 4.19. The Bertz CT molecular complexity index is 640. The van der Waals surface area contributed by atoms with Crippen LogP contribution < -0.4 is 16.0 Å². The normalized spacial score (nSPS) is 20.2. The molecule has 3 N–H and O–H groups in total. The molecule has 0 aromatic heterocycles. The highest BCUT2D eigenvalue weighted by Crippen LogP contribution is 2.25. The van der Waals surface area contributed by atoms with E-state index in [1.54, 1.807) is 12.1 Å². The van der Waals surface area contributed by atoms with Gasteiger partial charge in [0.2, 0.25) is 0 Å². The van der Waals surface area contributed by atoms with E-state index < -0.39 is 11.6 Å². The van der Waals surface area contributed by atoms with E-state index >= 15 is 0 Å². The van der Waals surface area contributed by atoms with Gasteiger partial charge in [0.1, 0.15) is 0 Å². The molecule has 1 atom stereocenters. The Morgan fingerprint density at radius 3 is 2.50 bits per heavy atom. The minimum atomic E-state index is -0.960. The lowest BCUT2D eigenvalue weighted by molar-refractivity contribution is -0.128. The summed E-state index contributed by atoms with van der Waals surface area (Å²) in [5.74, 6) is -0.382. The smallest absolute Gasteiger partial charge is 0.322 e. The zero-order chi connectivity index (χ0) is 15.9. The molecule has 0 aliphatic carbocycles. The highest BCUT2D eigenvalue weighted by Gasteiger charge is 2.56. The summed E-state index contributed by atoms with van der Waals surface area (Å²) in [6.07, 6.45) is 0. The van der Waals surface area contributed by atoms with Crippen LogP contribution in [0.3, 0.4) is 0 Å². The van der Waals surface area contributed by atoms with Crippen LogP contribution in [0, 0.1) is 0 Å². The van der Waals surface area contributed by atoms with Gasteiger partial charge in [-0.2, -0.15) is 0 Å². The first-order valence-corrected chi connectivity index (χ1v) is 7.22. The van der Waals surface area contributed by atoms with Crippen LogP contribution >= 0.6 is 11.6 Å². The number of hydrogen-bond donors (Lipinski definition) is 3. The predicted molar refractivity (Wildman–Crippen MR) is 79.4 cm³/mol. The topological polar surface area (TPSA) is 90.5 Å². The molecule has 0 unspecified atom stereocenters. The number of urea groups is 2. The lowest BCUT2D eigenvalue weighted by atomic mass is 9.90. The Hall–Kier alpha value is -2.28. The first-order chi connectivity index (χ1) is 10.4. The average molecular weight is 323 g/mol. The fourth-order valence-corrected chi connectivity index (χ4v) is 2.74. The average Bonchev–Trinajstić information content (AvgIpc) is 2.72. The van der Waals surface area contributed by atoms with Crippen LogP contribution in [0.2, 0.25) is 5.02 Å². The molecule has 0 saturated carbocycles. The monoisotopic (exact) mass is 322 g/mol. The Labute approximate surface area is 132 Å². The van der Waals surface area contributed by atoms with Crippen LogP contribution in [-0.4, -0.2) is 41.5 Å². The molecule has 2 aliphatic rings. The molecule has 1 spiro atoms. The number of amides is 5. The number of carbonyl (C=O) groups is 3. The van der Waals surface area contributed by atoms with Crippen molar-refractivity contribution in [3.05, 3.63) is 34.9 Å². The number of halogens is 1. The van der Waals surface area contributed by atoms with Crippen LogP contribution in [-0.2, 0) is 4.79 Å². The van der Waals surface area contributed by atoms with Crippen LogP contribution in [0.1, 0.15) is 18.5 Å². The van der Waals surface area contributed by atoms with Crippen LogP contribution in [0.5, 0.6) is 0 Å². The number of likely N-dealkylation sites (tertiary alicyclic amines) is 1. The van der Waals surface area contributed by atoms with Gasteiger partial charge < -0.3 is 15.5 Å². The van der Waals surface area contributed by atoms with Gasteiger partial charge >= 0.3 is 12.1 Å². The van der Waals surface area contributed by atoms with Crippen molar-refractivity contribution < 1.29 is 14.4 Å². The van der Waals surface area contributed by atoms with Gasteiger partial charge in [-0.05, 0) is 24.6 Å². The van der Waals surface area contributed by atoms with Crippen molar-refractivity contribution in [2.75, 3.05) is 13.1 Å². The van der Waals surface area contributed by atoms with Gasteiger partial charge in [-0.15, -0.1) is 0 Å². The second-order valence-corrected chi connectivity index (χ2v) is 6.01. The van der Waals surface area contributed by atoms with E-state index in [4.69, 9.17) is 11.6 Å². The fourth-order valence-electron chi connectivity index (χ4n) is 2.61. The van der Waals surface area contributed by atoms with Crippen molar-refractivity contribution in [2.45, 2.75) is 18.5 Å². The lowest BCUT2D eigenvalue weighted by Gasteiger charge is -2.45. The molecule has 8 heteroatoms. The van der Waals surface area contributed by atoms with Gasteiger partial charge in [-0.3, -0.25) is 10.1 Å². The van der Waals surface area contributed by atoms with E-state index in [1.807, 2.05) is 19.1 Å². The predicted octanol–water partition coefficient (Wildman–Crippen LogP) is 1.00. The number of imide groups is 1. The second-order valence-electron chi connectivity index (χ2n) is 5.57. The number of benzene rings is 1. The Kier molecular flexibility index (Phi) is 3.44. The van der Waals surface area contributed by atoms with Crippen molar-refractivity contribution in [1.29, 1.82) is 0 Å². The molecule has 2 heterocycles. The molecular formula is C14H15ClN4O3. The van der Waals surface area contributed by atoms with E-state index in [2.05, 4.69) is 16.0 Å². The molecule has 22 heavy (non-hydrogen) atoms. The third kappa shape index (κ3) is 2.48. The summed E-state index contributed by atoms with van der Waals surface area (Å²) in [6.45, 7) is 2.20. The molecule has 7 nitrogen and oxygen atoms in total. The summed E-state index contributed by atoms with van der Waals surface area (Å²) in [5, 5.41) is 8.22. The van der Waals surface area contributed by atoms with Crippen LogP contribution in [0.15, 0.2) is 24.3 Å². The van der Waals surface area contributed by atoms with E-state index in [1.165, 1.54) is 4.90 Å². The zero-order valence-corrected chi connectivity index (χ0v) is 12.6. The molecular weight excluding hydrogens is 308 g/mol. The van der Waals surface area contributed by atoms with Crippen molar-refractivity contribution in [3.63, 3.8) is 0 Å². The van der Waals surface area contributed by atoms with E-state index in [0.717, 1.165) is 5.56 Å². The summed E-state index contributed by atoms with van der Waals surface area (Å²) in [7, 11) is 0. The third-order valence-electron chi connectivity index (χ3n) is 3.93. The standard InChI is InChI=1S/C14H15ClN4O3/c1-8(9-2-4-10(15)5-3-9)16-13(22)19-6-14(7-19)11(20)17-12(21)18-14/h2-5,8H,6-7H2,1H3,(H,16,22)(H2,17,18,20,21)/t8-/m0/s1. The molecule has 0 radical (unpaired) electrons. The zero-order valence-electron chi connectivity index (χ0n) is 11.9. The SMILES string of the molecule is C[C@H](NC(=O)N1CC2(C1)NC(=O)NC2=O)c1ccc(Cl)cc1. The summed E-state index contributed by atoms with van der Waals surface area (Å²) in [5.41, 5.74) is -0.0299. The van der Waals surface area contributed by atoms with Gasteiger partial charge in [-0.25, -0.2) is 9.59 Å². The second kappa shape index (κ2) is 5.17. The molecule has 3 rings (SSSR count). The maximum Gasteiger partial charge on any atom is 0.322 e. The minimum absolute atomic E-state index is 0.170. The number of hydrogen-bond acceptors (Lipinski definition) is 3. The van der Waals surface area contributed by atoms with Crippen molar-refractivity contribution in [1.82, 2.24) is 20.9 Å². The van der Waals surface area contributed by atoms with Crippen LogP contribution in [0.4, 0.5) is 9.59 Å². The first-order valence-electron chi connectivity index (χ1n) is 6.84. The minimum Gasteiger partial charge on any atom is -0.331 e. The summed E-state index contributed by atoms with van der Waals surface area (Å²) in [6, 6.07) is 6.23. The maximum absolute atomic E-state index is 12.1.